The fourth-order valence-electron chi connectivity index (χ4n) is 2.09. The Kier molecular flexibility index (Phi) is 4.07. The van der Waals surface area contributed by atoms with Gasteiger partial charge in [-0.05, 0) is 31.0 Å². The molecule has 2 N–H and O–H groups in total. The first-order valence-electron chi connectivity index (χ1n) is 5.85. The molecule has 2 unspecified atom stereocenters. The molecule has 1 aliphatic carbocycles. The van der Waals surface area contributed by atoms with E-state index in [0.717, 1.165) is 30.6 Å². The molecule has 0 heterocycles. The third-order valence-electron chi connectivity index (χ3n) is 3.04. The molecule has 1 fully saturated rings. The largest absolute Gasteiger partial charge is 0.478 e. The number of aromatic carboxylic acids is 1. The van der Waals surface area contributed by atoms with Crippen molar-refractivity contribution in [3.63, 3.8) is 0 Å². The Morgan fingerprint density at radius 3 is 2.76 bits per heavy atom. The van der Waals surface area contributed by atoms with Crippen molar-refractivity contribution in [2.24, 2.45) is 0 Å². The van der Waals surface area contributed by atoms with Crippen molar-refractivity contribution in [2.75, 3.05) is 0 Å². The summed E-state index contributed by atoms with van der Waals surface area (Å²) in [4.78, 5) is 11.8. The molecular weight excluding hydrogens is 236 g/mol. The van der Waals surface area contributed by atoms with Crippen molar-refractivity contribution in [1.29, 1.82) is 0 Å². The minimum absolute atomic E-state index is 0.202. The molecule has 1 aromatic carbocycles. The third kappa shape index (κ3) is 3.23. The molecule has 0 saturated heterocycles. The molecule has 0 amide bonds. The van der Waals surface area contributed by atoms with Gasteiger partial charge in [0.25, 0.3) is 0 Å². The Hall–Kier alpha value is -1.00. The maximum atomic E-state index is 10.9. The summed E-state index contributed by atoms with van der Waals surface area (Å²) in [5.41, 5.74) is 0.306. The van der Waals surface area contributed by atoms with Gasteiger partial charge < -0.3 is 10.2 Å². The number of hydrogen-bond donors (Lipinski definition) is 2. The van der Waals surface area contributed by atoms with Crippen LogP contribution >= 0.6 is 11.8 Å². The zero-order valence-corrected chi connectivity index (χ0v) is 10.3. The van der Waals surface area contributed by atoms with Crippen LogP contribution < -0.4 is 0 Å². The molecule has 1 aliphatic rings. The Morgan fingerprint density at radius 2 is 2.06 bits per heavy atom. The van der Waals surface area contributed by atoms with Crippen LogP contribution in [0.1, 0.15) is 36.0 Å². The summed E-state index contributed by atoms with van der Waals surface area (Å²) in [5.74, 6) is -0.906. The van der Waals surface area contributed by atoms with Crippen molar-refractivity contribution in [3.8, 4) is 0 Å². The third-order valence-corrected chi connectivity index (χ3v) is 4.41. The summed E-state index contributed by atoms with van der Waals surface area (Å²) >= 11 is 1.59. The Balaban J connectivity index is 2.07. The van der Waals surface area contributed by atoms with Crippen molar-refractivity contribution in [3.05, 3.63) is 29.8 Å². The van der Waals surface area contributed by atoms with Gasteiger partial charge in [0.1, 0.15) is 0 Å². The number of aliphatic hydroxyl groups is 1. The van der Waals surface area contributed by atoms with Gasteiger partial charge in [0.05, 0.1) is 11.7 Å². The van der Waals surface area contributed by atoms with Gasteiger partial charge in [-0.1, -0.05) is 18.9 Å². The van der Waals surface area contributed by atoms with Gasteiger partial charge in [-0.25, -0.2) is 4.79 Å². The number of hydrogen-bond acceptors (Lipinski definition) is 3. The SMILES string of the molecule is O=C(O)c1cccc(SC2CCCCC2O)c1. The molecule has 1 saturated carbocycles. The first-order valence-corrected chi connectivity index (χ1v) is 6.73. The highest BCUT2D eigenvalue weighted by Crippen LogP contribution is 2.34. The van der Waals surface area contributed by atoms with Gasteiger partial charge in [0, 0.05) is 10.1 Å². The summed E-state index contributed by atoms with van der Waals surface area (Å²) in [7, 11) is 0. The molecule has 3 nitrogen and oxygen atoms in total. The van der Waals surface area contributed by atoms with Crippen molar-refractivity contribution >= 4 is 17.7 Å². The normalized spacial score (nSPS) is 24.5. The molecule has 0 radical (unpaired) electrons. The van der Waals surface area contributed by atoms with E-state index >= 15 is 0 Å². The summed E-state index contributed by atoms with van der Waals surface area (Å²) in [6.07, 6.45) is 3.84. The van der Waals surface area contributed by atoms with E-state index in [1.807, 2.05) is 6.07 Å². The van der Waals surface area contributed by atoms with Gasteiger partial charge in [0.2, 0.25) is 0 Å². The van der Waals surface area contributed by atoms with E-state index in [2.05, 4.69) is 0 Å². The van der Waals surface area contributed by atoms with E-state index in [-0.39, 0.29) is 11.4 Å². The number of carbonyl (C=O) groups is 1. The average molecular weight is 252 g/mol. The second-order valence-electron chi connectivity index (χ2n) is 4.34. The maximum absolute atomic E-state index is 10.9. The standard InChI is InChI=1S/C13H16O3S/c14-11-6-1-2-7-12(11)17-10-5-3-4-9(8-10)13(15)16/h3-5,8,11-12,14H,1-2,6-7H2,(H,15,16). The quantitative estimate of drug-likeness (QED) is 0.868. The van der Waals surface area contributed by atoms with E-state index in [0.29, 0.717) is 5.56 Å². The maximum Gasteiger partial charge on any atom is 0.335 e. The number of carboxylic acid groups (broad SMARTS) is 1. The predicted molar refractivity (Wildman–Crippen MR) is 67.5 cm³/mol. The highest BCUT2D eigenvalue weighted by molar-refractivity contribution is 8.00. The lowest BCUT2D eigenvalue weighted by molar-refractivity contribution is 0.0696. The van der Waals surface area contributed by atoms with E-state index < -0.39 is 5.97 Å². The molecule has 0 bridgehead atoms. The Bertz CT molecular complexity index is 405. The van der Waals surface area contributed by atoms with Crippen LogP contribution in [0.3, 0.4) is 0 Å². The van der Waals surface area contributed by atoms with Gasteiger partial charge in [0.15, 0.2) is 0 Å². The van der Waals surface area contributed by atoms with E-state index in [1.165, 1.54) is 0 Å². The zero-order valence-electron chi connectivity index (χ0n) is 9.50. The molecule has 2 atom stereocenters. The number of rotatable bonds is 3. The lowest BCUT2D eigenvalue weighted by Crippen LogP contribution is -2.26. The van der Waals surface area contributed by atoms with Gasteiger partial charge in [-0.3, -0.25) is 0 Å². The van der Waals surface area contributed by atoms with Crippen LogP contribution in [0.25, 0.3) is 0 Å². The molecule has 0 spiro atoms. The number of carboxylic acids is 1. The van der Waals surface area contributed by atoms with Gasteiger partial charge in [-0.2, -0.15) is 0 Å². The number of thioether (sulfide) groups is 1. The fourth-order valence-corrected chi connectivity index (χ4v) is 3.37. The van der Waals surface area contributed by atoms with Crippen LogP contribution in [-0.4, -0.2) is 27.5 Å². The fraction of sp³-hybridized carbons (Fsp3) is 0.462. The van der Waals surface area contributed by atoms with Crippen LogP contribution in [0.15, 0.2) is 29.2 Å². The van der Waals surface area contributed by atoms with Crippen LogP contribution in [-0.2, 0) is 0 Å². The smallest absolute Gasteiger partial charge is 0.335 e. The minimum atomic E-state index is -0.906. The van der Waals surface area contributed by atoms with E-state index in [1.54, 1.807) is 30.0 Å². The molecule has 17 heavy (non-hydrogen) atoms. The van der Waals surface area contributed by atoms with Crippen LogP contribution in [0.2, 0.25) is 0 Å². The topological polar surface area (TPSA) is 57.5 Å². The summed E-state index contributed by atoms with van der Waals surface area (Å²) in [6, 6.07) is 6.91. The lowest BCUT2D eigenvalue weighted by Gasteiger charge is -2.26. The zero-order chi connectivity index (χ0) is 12.3. The first kappa shape index (κ1) is 12.5. The van der Waals surface area contributed by atoms with Crippen LogP contribution in [0.5, 0.6) is 0 Å². The Labute approximate surface area is 105 Å². The highest BCUT2D eigenvalue weighted by atomic mass is 32.2. The molecule has 1 aromatic rings. The van der Waals surface area contributed by atoms with Gasteiger partial charge in [-0.15, -0.1) is 11.8 Å². The van der Waals surface area contributed by atoms with Gasteiger partial charge >= 0.3 is 5.97 Å². The Morgan fingerprint density at radius 1 is 1.29 bits per heavy atom. The van der Waals surface area contributed by atoms with E-state index in [9.17, 15) is 9.90 Å². The van der Waals surface area contributed by atoms with Crippen molar-refractivity contribution < 1.29 is 15.0 Å². The van der Waals surface area contributed by atoms with Crippen molar-refractivity contribution in [2.45, 2.75) is 41.9 Å². The number of benzene rings is 1. The summed E-state index contributed by atoms with van der Waals surface area (Å²) in [5, 5.41) is 19.0. The average Bonchev–Trinajstić information content (AvgIpc) is 2.32. The van der Waals surface area contributed by atoms with Crippen LogP contribution in [0, 0.1) is 0 Å². The van der Waals surface area contributed by atoms with Crippen molar-refractivity contribution in [1.82, 2.24) is 0 Å². The summed E-state index contributed by atoms with van der Waals surface area (Å²) in [6.45, 7) is 0. The molecule has 0 aliphatic heterocycles. The number of aliphatic hydroxyl groups excluding tert-OH is 1. The first-order chi connectivity index (χ1) is 8.16. The predicted octanol–water partition coefficient (Wildman–Crippen LogP) is 2.78. The minimum Gasteiger partial charge on any atom is -0.478 e. The second-order valence-corrected chi connectivity index (χ2v) is 5.65. The monoisotopic (exact) mass is 252 g/mol. The molecule has 2 rings (SSSR count). The molecular formula is C13H16O3S. The highest BCUT2D eigenvalue weighted by Gasteiger charge is 2.23. The lowest BCUT2D eigenvalue weighted by atomic mass is 9.97. The van der Waals surface area contributed by atoms with E-state index in [4.69, 9.17) is 5.11 Å². The van der Waals surface area contributed by atoms with Crippen LogP contribution in [0.4, 0.5) is 0 Å². The molecule has 92 valence electrons. The summed E-state index contributed by atoms with van der Waals surface area (Å²) < 4.78 is 0. The second kappa shape index (κ2) is 5.56. The molecule has 4 heteroatoms. The molecule has 0 aromatic heterocycles.